The van der Waals surface area contributed by atoms with Gasteiger partial charge in [-0.25, -0.2) is 8.42 Å². The highest BCUT2D eigenvalue weighted by Gasteiger charge is 2.35. The number of nitrogens with one attached hydrogen (secondary N) is 1. The number of morpholine rings is 1. The van der Waals surface area contributed by atoms with E-state index in [1.807, 2.05) is 13.8 Å². The SMILES string of the molecule is CC(C)[C@@H](NS(=O)(=O)c1c(Cl)cccc1Cl)C(=O)O[C@H](C)C(=O)N1C[C@@H](C)O[C@@H](C)C1. The highest BCUT2D eigenvalue weighted by molar-refractivity contribution is 7.89. The van der Waals surface area contributed by atoms with E-state index in [4.69, 9.17) is 32.7 Å². The van der Waals surface area contributed by atoms with Gasteiger partial charge in [0, 0.05) is 13.1 Å². The Hall–Kier alpha value is -1.39. The number of ether oxygens (including phenoxy) is 2. The van der Waals surface area contributed by atoms with Crippen LogP contribution in [0.2, 0.25) is 10.0 Å². The van der Waals surface area contributed by atoms with Crippen molar-refractivity contribution < 1.29 is 27.5 Å². The summed E-state index contributed by atoms with van der Waals surface area (Å²) in [5, 5.41) is -0.148. The van der Waals surface area contributed by atoms with E-state index in [2.05, 4.69) is 4.72 Å². The molecule has 0 aromatic heterocycles. The van der Waals surface area contributed by atoms with Crippen molar-refractivity contribution in [3.63, 3.8) is 0 Å². The Morgan fingerprint density at radius 3 is 2.13 bits per heavy atom. The van der Waals surface area contributed by atoms with Crippen molar-refractivity contribution in [1.82, 2.24) is 9.62 Å². The second-order valence-electron chi connectivity index (χ2n) is 7.97. The Bertz CT molecular complexity index is 894. The Labute approximate surface area is 193 Å². The zero-order chi connectivity index (χ0) is 23.5. The molecule has 1 saturated heterocycles. The third-order valence-corrected chi connectivity index (χ3v) is 7.16. The summed E-state index contributed by atoms with van der Waals surface area (Å²) in [6, 6.07) is 3.04. The van der Waals surface area contributed by atoms with E-state index in [0.29, 0.717) is 13.1 Å². The van der Waals surface area contributed by atoms with Crippen molar-refractivity contribution >= 4 is 45.1 Å². The minimum atomic E-state index is -4.23. The Morgan fingerprint density at radius 2 is 1.65 bits per heavy atom. The van der Waals surface area contributed by atoms with Gasteiger partial charge in [0.25, 0.3) is 5.91 Å². The first-order chi connectivity index (χ1) is 14.3. The summed E-state index contributed by atoms with van der Waals surface area (Å²) in [5.41, 5.74) is 0. The predicted octanol–water partition coefficient (Wildman–Crippen LogP) is 2.86. The zero-order valence-electron chi connectivity index (χ0n) is 18.1. The molecule has 1 amide bonds. The van der Waals surface area contributed by atoms with Crippen LogP contribution < -0.4 is 4.72 Å². The molecule has 2 rings (SSSR count). The van der Waals surface area contributed by atoms with Crippen LogP contribution in [0.25, 0.3) is 0 Å². The zero-order valence-corrected chi connectivity index (χ0v) is 20.4. The molecule has 174 valence electrons. The third-order valence-electron chi connectivity index (χ3n) is 4.76. The normalized spacial score (nSPS) is 21.6. The van der Waals surface area contributed by atoms with E-state index in [0.717, 1.165) is 0 Å². The highest BCUT2D eigenvalue weighted by Crippen LogP contribution is 2.29. The number of carbonyl (C=O) groups excluding carboxylic acids is 2. The Balaban J connectivity index is 2.14. The van der Waals surface area contributed by atoms with Gasteiger partial charge < -0.3 is 14.4 Å². The van der Waals surface area contributed by atoms with Crippen molar-refractivity contribution in [1.29, 1.82) is 0 Å². The molecule has 0 radical (unpaired) electrons. The summed E-state index contributed by atoms with van der Waals surface area (Å²) in [6.45, 7) is 9.25. The second-order valence-corrected chi connectivity index (χ2v) is 10.4. The lowest BCUT2D eigenvalue weighted by molar-refractivity contribution is -0.166. The first-order valence-corrected chi connectivity index (χ1v) is 12.2. The molecular formula is C20H28Cl2N2O6S. The summed E-state index contributed by atoms with van der Waals surface area (Å²) in [4.78, 5) is 26.8. The number of hydrogen-bond donors (Lipinski definition) is 1. The van der Waals surface area contributed by atoms with Crippen LogP contribution in [0.3, 0.4) is 0 Å². The predicted molar refractivity (Wildman–Crippen MR) is 118 cm³/mol. The van der Waals surface area contributed by atoms with Crippen LogP contribution in [0.4, 0.5) is 0 Å². The van der Waals surface area contributed by atoms with Gasteiger partial charge in [0.15, 0.2) is 6.10 Å². The number of nitrogens with zero attached hydrogens (tertiary/aromatic N) is 1. The van der Waals surface area contributed by atoms with E-state index in [-0.39, 0.29) is 33.1 Å². The van der Waals surface area contributed by atoms with Gasteiger partial charge in [-0.15, -0.1) is 0 Å². The van der Waals surface area contributed by atoms with E-state index in [1.165, 1.54) is 25.1 Å². The molecule has 0 bridgehead atoms. The van der Waals surface area contributed by atoms with Crippen molar-refractivity contribution in [2.24, 2.45) is 5.92 Å². The number of esters is 1. The molecule has 0 spiro atoms. The first kappa shape index (κ1) is 25.9. The van der Waals surface area contributed by atoms with Crippen LogP contribution >= 0.6 is 23.2 Å². The topological polar surface area (TPSA) is 102 Å². The monoisotopic (exact) mass is 494 g/mol. The summed E-state index contributed by atoms with van der Waals surface area (Å²) < 4.78 is 39.0. The van der Waals surface area contributed by atoms with Crippen LogP contribution in [0.15, 0.2) is 23.1 Å². The molecule has 1 aliphatic rings. The van der Waals surface area contributed by atoms with E-state index >= 15 is 0 Å². The average Bonchev–Trinajstić information content (AvgIpc) is 2.64. The average molecular weight is 495 g/mol. The fraction of sp³-hybridized carbons (Fsp3) is 0.600. The smallest absolute Gasteiger partial charge is 0.325 e. The molecule has 1 heterocycles. The molecule has 11 heteroatoms. The van der Waals surface area contributed by atoms with Gasteiger partial charge in [-0.2, -0.15) is 4.72 Å². The lowest BCUT2D eigenvalue weighted by Gasteiger charge is -2.36. The number of sulfonamides is 1. The number of amides is 1. The van der Waals surface area contributed by atoms with E-state index < -0.39 is 34.1 Å². The molecule has 0 saturated carbocycles. The fourth-order valence-electron chi connectivity index (χ4n) is 3.33. The van der Waals surface area contributed by atoms with Crippen LogP contribution in [-0.2, 0) is 29.1 Å². The molecule has 1 aromatic rings. The minimum absolute atomic E-state index is 0.0741. The van der Waals surface area contributed by atoms with Crippen LogP contribution in [-0.4, -0.2) is 62.6 Å². The van der Waals surface area contributed by atoms with Gasteiger partial charge in [-0.3, -0.25) is 9.59 Å². The highest BCUT2D eigenvalue weighted by atomic mass is 35.5. The molecule has 8 nitrogen and oxygen atoms in total. The lowest BCUT2D eigenvalue weighted by Crippen LogP contribution is -2.52. The number of halogens is 2. The molecule has 1 fully saturated rings. The Morgan fingerprint density at radius 1 is 1.13 bits per heavy atom. The van der Waals surface area contributed by atoms with Gasteiger partial charge >= 0.3 is 5.97 Å². The number of hydrogen-bond acceptors (Lipinski definition) is 6. The van der Waals surface area contributed by atoms with Crippen LogP contribution in [0.1, 0.15) is 34.6 Å². The van der Waals surface area contributed by atoms with Gasteiger partial charge in [-0.05, 0) is 38.8 Å². The van der Waals surface area contributed by atoms with Crippen molar-refractivity contribution in [2.75, 3.05) is 13.1 Å². The largest absolute Gasteiger partial charge is 0.451 e. The van der Waals surface area contributed by atoms with Gasteiger partial charge in [0.2, 0.25) is 10.0 Å². The summed E-state index contributed by atoms with van der Waals surface area (Å²) >= 11 is 12.0. The maximum absolute atomic E-state index is 12.9. The summed E-state index contributed by atoms with van der Waals surface area (Å²) in [5.74, 6) is -1.69. The molecule has 1 aliphatic heterocycles. The molecular weight excluding hydrogens is 467 g/mol. The third kappa shape index (κ3) is 6.55. The molecule has 0 aliphatic carbocycles. The fourth-order valence-corrected chi connectivity index (χ4v) is 5.81. The maximum Gasteiger partial charge on any atom is 0.325 e. The van der Waals surface area contributed by atoms with Crippen molar-refractivity contribution in [3.05, 3.63) is 28.2 Å². The maximum atomic E-state index is 12.9. The summed E-state index contributed by atoms with van der Waals surface area (Å²) in [7, 11) is -4.23. The number of carbonyl (C=O) groups is 2. The van der Waals surface area contributed by atoms with Gasteiger partial charge in [0.1, 0.15) is 10.9 Å². The first-order valence-electron chi connectivity index (χ1n) is 9.94. The molecule has 1 aromatic carbocycles. The van der Waals surface area contributed by atoms with Crippen molar-refractivity contribution in [3.8, 4) is 0 Å². The molecule has 0 unspecified atom stereocenters. The molecule has 1 N–H and O–H groups in total. The summed E-state index contributed by atoms with van der Waals surface area (Å²) in [6.07, 6.45) is -1.35. The molecule has 31 heavy (non-hydrogen) atoms. The van der Waals surface area contributed by atoms with Crippen molar-refractivity contribution in [2.45, 2.75) is 63.9 Å². The van der Waals surface area contributed by atoms with E-state index in [1.54, 1.807) is 18.7 Å². The minimum Gasteiger partial charge on any atom is -0.451 e. The van der Waals surface area contributed by atoms with E-state index in [9.17, 15) is 18.0 Å². The van der Waals surface area contributed by atoms with Crippen LogP contribution in [0.5, 0.6) is 0 Å². The van der Waals surface area contributed by atoms with Gasteiger partial charge in [0.05, 0.1) is 22.3 Å². The van der Waals surface area contributed by atoms with Gasteiger partial charge in [-0.1, -0.05) is 43.1 Å². The number of benzene rings is 1. The van der Waals surface area contributed by atoms with Crippen LogP contribution in [0, 0.1) is 5.92 Å². The quantitative estimate of drug-likeness (QED) is 0.584. The number of rotatable bonds is 7. The molecule has 4 atom stereocenters. The lowest BCUT2D eigenvalue weighted by atomic mass is 10.1. The standard InChI is InChI=1S/C20H28Cl2N2O6S/c1-11(2)17(23-31(27,28)18-15(21)7-6-8-16(18)22)20(26)30-14(5)19(25)24-9-12(3)29-13(4)10-24/h6-8,11-14,17,23H,9-10H2,1-5H3/t12-,13+,14-,17-/m1/s1. The Kier molecular flexibility index (Phi) is 8.75. The second kappa shape index (κ2) is 10.5.